The lowest BCUT2D eigenvalue weighted by Crippen LogP contribution is -2.23. The van der Waals surface area contributed by atoms with Crippen LogP contribution in [0.3, 0.4) is 0 Å². The number of alkyl halides is 3. The smallest absolute Gasteiger partial charge is 0.406 e. The first-order valence-corrected chi connectivity index (χ1v) is 5.01. The second-order valence-corrected chi connectivity index (χ2v) is 3.53. The van der Waals surface area contributed by atoms with E-state index < -0.39 is 6.36 Å². The Hall–Kier alpha value is -1.23. The average Bonchev–Trinajstić information content (AvgIpc) is 2.18. The monoisotopic (exact) mass is 233 g/mol. The summed E-state index contributed by atoms with van der Waals surface area (Å²) in [5.41, 5.74) is 6.18. The van der Waals surface area contributed by atoms with Crippen molar-refractivity contribution in [2.24, 2.45) is 5.73 Å². The zero-order chi connectivity index (χ0) is 12.2. The van der Waals surface area contributed by atoms with Crippen molar-refractivity contribution in [1.82, 2.24) is 0 Å². The molecule has 0 aliphatic rings. The van der Waals surface area contributed by atoms with E-state index in [0.717, 1.165) is 0 Å². The number of nitrogens with two attached hydrogens (primary N) is 1. The molecule has 1 rings (SSSR count). The summed E-state index contributed by atoms with van der Waals surface area (Å²) < 4.78 is 40.2. The van der Waals surface area contributed by atoms with Gasteiger partial charge in [0.15, 0.2) is 0 Å². The molecule has 0 aromatic heterocycles. The third kappa shape index (κ3) is 4.10. The molecule has 1 atom stereocenters. The molecule has 0 spiro atoms. The van der Waals surface area contributed by atoms with Crippen LogP contribution in [0.4, 0.5) is 13.2 Å². The van der Waals surface area contributed by atoms with Gasteiger partial charge in [0.2, 0.25) is 0 Å². The summed E-state index contributed by atoms with van der Waals surface area (Å²) in [6, 6.07) is 5.91. The Morgan fingerprint density at radius 3 is 2.50 bits per heavy atom. The van der Waals surface area contributed by atoms with Gasteiger partial charge in [0.05, 0.1) is 0 Å². The van der Waals surface area contributed by atoms with Gasteiger partial charge in [-0.3, -0.25) is 0 Å². The van der Waals surface area contributed by atoms with E-state index in [4.69, 9.17) is 5.73 Å². The van der Waals surface area contributed by atoms with Gasteiger partial charge in [0, 0.05) is 6.04 Å². The standard InChI is InChI=1S/C11H14F3NO/c1-2-9(15)7-8-5-3-4-6-10(8)16-11(12,13)14/h3-6,9H,2,7,15H2,1H3. The minimum Gasteiger partial charge on any atom is -0.406 e. The molecule has 1 aromatic rings. The normalized spacial score (nSPS) is 13.6. The van der Waals surface area contributed by atoms with E-state index in [1.54, 1.807) is 12.1 Å². The molecule has 0 saturated heterocycles. The highest BCUT2D eigenvalue weighted by Crippen LogP contribution is 2.26. The number of hydrogen-bond acceptors (Lipinski definition) is 2. The molecule has 0 aliphatic carbocycles. The van der Waals surface area contributed by atoms with Crippen molar-refractivity contribution < 1.29 is 17.9 Å². The van der Waals surface area contributed by atoms with Gasteiger partial charge in [0.1, 0.15) is 5.75 Å². The molecule has 0 saturated carbocycles. The molecule has 1 unspecified atom stereocenters. The summed E-state index contributed by atoms with van der Waals surface area (Å²) in [6.07, 6.45) is -3.57. The Labute approximate surface area is 92.2 Å². The van der Waals surface area contributed by atoms with Crippen molar-refractivity contribution in [3.8, 4) is 5.75 Å². The highest BCUT2D eigenvalue weighted by Gasteiger charge is 2.32. The first-order valence-electron chi connectivity index (χ1n) is 5.01. The molecule has 1 aromatic carbocycles. The highest BCUT2D eigenvalue weighted by atomic mass is 19.4. The predicted octanol–water partition coefficient (Wildman–Crippen LogP) is 2.87. The van der Waals surface area contributed by atoms with E-state index in [1.165, 1.54) is 12.1 Å². The Balaban J connectivity index is 2.83. The van der Waals surface area contributed by atoms with E-state index in [-0.39, 0.29) is 11.8 Å². The molecule has 2 N–H and O–H groups in total. The topological polar surface area (TPSA) is 35.2 Å². The number of halogens is 3. The fraction of sp³-hybridized carbons (Fsp3) is 0.455. The van der Waals surface area contributed by atoms with Crippen LogP contribution in [0.25, 0.3) is 0 Å². The lowest BCUT2D eigenvalue weighted by atomic mass is 10.0. The van der Waals surface area contributed by atoms with Crippen LogP contribution < -0.4 is 10.5 Å². The summed E-state index contributed by atoms with van der Waals surface area (Å²) in [5.74, 6) is -0.168. The molecule has 0 fully saturated rings. The maximum absolute atomic E-state index is 12.1. The summed E-state index contributed by atoms with van der Waals surface area (Å²) in [5, 5.41) is 0. The number of para-hydroxylation sites is 1. The van der Waals surface area contributed by atoms with Crippen LogP contribution in [0.5, 0.6) is 5.75 Å². The van der Waals surface area contributed by atoms with Crippen molar-refractivity contribution in [2.45, 2.75) is 32.2 Å². The SMILES string of the molecule is CCC(N)Cc1ccccc1OC(F)(F)F. The quantitative estimate of drug-likeness (QED) is 0.867. The number of hydrogen-bond donors (Lipinski definition) is 1. The predicted molar refractivity (Wildman–Crippen MR) is 55.1 cm³/mol. The minimum absolute atomic E-state index is 0.155. The van der Waals surface area contributed by atoms with Crippen LogP contribution >= 0.6 is 0 Å². The highest BCUT2D eigenvalue weighted by molar-refractivity contribution is 5.34. The molecule has 16 heavy (non-hydrogen) atoms. The first kappa shape index (κ1) is 12.8. The first-order chi connectivity index (χ1) is 7.42. The van der Waals surface area contributed by atoms with Gasteiger partial charge in [-0.2, -0.15) is 0 Å². The van der Waals surface area contributed by atoms with Gasteiger partial charge in [-0.15, -0.1) is 13.2 Å². The van der Waals surface area contributed by atoms with Gasteiger partial charge in [-0.1, -0.05) is 25.1 Å². The average molecular weight is 233 g/mol. The number of rotatable bonds is 4. The molecule has 0 bridgehead atoms. The summed E-state index contributed by atoms with van der Waals surface area (Å²) in [4.78, 5) is 0. The zero-order valence-electron chi connectivity index (χ0n) is 8.92. The van der Waals surface area contributed by atoms with Crippen LogP contribution in [0.2, 0.25) is 0 Å². The fourth-order valence-electron chi connectivity index (χ4n) is 1.32. The maximum atomic E-state index is 12.1. The molecule has 0 aliphatic heterocycles. The molecule has 0 radical (unpaired) electrons. The largest absolute Gasteiger partial charge is 0.573 e. The second-order valence-electron chi connectivity index (χ2n) is 3.53. The van der Waals surface area contributed by atoms with Gasteiger partial charge >= 0.3 is 6.36 Å². The van der Waals surface area contributed by atoms with Crippen molar-refractivity contribution in [1.29, 1.82) is 0 Å². The van der Waals surface area contributed by atoms with Gasteiger partial charge in [-0.25, -0.2) is 0 Å². The van der Waals surface area contributed by atoms with E-state index >= 15 is 0 Å². The molecular weight excluding hydrogens is 219 g/mol. The molecule has 0 amide bonds. The summed E-state index contributed by atoms with van der Waals surface area (Å²) in [7, 11) is 0. The molecule has 2 nitrogen and oxygen atoms in total. The minimum atomic E-state index is -4.66. The van der Waals surface area contributed by atoms with Gasteiger partial charge in [0.25, 0.3) is 0 Å². The Morgan fingerprint density at radius 1 is 1.31 bits per heavy atom. The van der Waals surface area contributed by atoms with E-state index in [2.05, 4.69) is 4.74 Å². The lowest BCUT2D eigenvalue weighted by Gasteiger charge is -2.15. The van der Waals surface area contributed by atoms with Crippen LogP contribution in [-0.4, -0.2) is 12.4 Å². The van der Waals surface area contributed by atoms with Gasteiger partial charge in [-0.05, 0) is 24.5 Å². The Bertz CT molecular complexity index is 338. The number of ether oxygens (including phenoxy) is 1. The van der Waals surface area contributed by atoms with Crippen LogP contribution in [0, 0.1) is 0 Å². The third-order valence-electron chi connectivity index (χ3n) is 2.20. The molecule has 90 valence electrons. The Morgan fingerprint density at radius 2 is 1.94 bits per heavy atom. The molecule has 5 heteroatoms. The van der Waals surface area contributed by atoms with Crippen molar-refractivity contribution in [3.63, 3.8) is 0 Å². The lowest BCUT2D eigenvalue weighted by molar-refractivity contribution is -0.274. The van der Waals surface area contributed by atoms with E-state index in [1.807, 2.05) is 6.92 Å². The zero-order valence-corrected chi connectivity index (χ0v) is 8.92. The fourth-order valence-corrected chi connectivity index (χ4v) is 1.32. The summed E-state index contributed by atoms with van der Waals surface area (Å²) >= 11 is 0. The van der Waals surface area contributed by atoms with Crippen molar-refractivity contribution in [3.05, 3.63) is 29.8 Å². The Kier molecular flexibility index (Phi) is 4.18. The second kappa shape index (κ2) is 5.21. The van der Waals surface area contributed by atoms with Crippen LogP contribution in [0.1, 0.15) is 18.9 Å². The third-order valence-corrected chi connectivity index (χ3v) is 2.20. The van der Waals surface area contributed by atoms with Gasteiger partial charge < -0.3 is 10.5 Å². The molecular formula is C11H14F3NO. The summed E-state index contributed by atoms with van der Waals surface area (Å²) in [6.45, 7) is 1.89. The van der Waals surface area contributed by atoms with E-state index in [0.29, 0.717) is 18.4 Å². The van der Waals surface area contributed by atoms with Crippen molar-refractivity contribution >= 4 is 0 Å². The number of benzene rings is 1. The van der Waals surface area contributed by atoms with E-state index in [9.17, 15) is 13.2 Å². The van der Waals surface area contributed by atoms with Crippen molar-refractivity contribution in [2.75, 3.05) is 0 Å². The maximum Gasteiger partial charge on any atom is 0.573 e. The van der Waals surface area contributed by atoms with Crippen LogP contribution in [0.15, 0.2) is 24.3 Å². The van der Waals surface area contributed by atoms with Crippen LogP contribution in [-0.2, 0) is 6.42 Å². The molecule has 0 heterocycles.